The van der Waals surface area contributed by atoms with Crippen LogP contribution in [0.15, 0.2) is 23.2 Å². The normalized spacial score (nSPS) is 17.8. The van der Waals surface area contributed by atoms with E-state index < -0.39 is 0 Å². The van der Waals surface area contributed by atoms with Crippen molar-refractivity contribution in [1.82, 2.24) is 9.80 Å². The molecule has 2 heterocycles. The third kappa shape index (κ3) is 4.90. The molecule has 2 aliphatic rings. The molecule has 0 atom stereocenters. The van der Waals surface area contributed by atoms with Crippen molar-refractivity contribution in [2.75, 3.05) is 54.3 Å². The van der Waals surface area contributed by atoms with E-state index in [9.17, 15) is 4.79 Å². The van der Waals surface area contributed by atoms with Gasteiger partial charge in [-0.2, -0.15) is 4.99 Å². The summed E-state index contributed by atoms with van der Waals surface area (Å²) in [5.41, 5.74) is 0.434. The molecule has 148 valence electrons. The Hall–Kier alpha value is -2.32. The van der Waals surface area contributed by atoms with Crippen LogP contribution >= 0.6 is 0 Å². The standard InChI is InChI=1S/C19H27N3O5/c1-21-8-6-15(7-9-21)22(2)19(25-11-10-24-3)20-18(23)14-4-5-16-17(12-14)27-13-26-16/h4-5,12,15H,6-11,13H2,1-3H3. The van der Waals surface area contributed by atoms with Gasteiger partial charge in [0.15, 0.2) is 11.5 Å². The maximum atomic E-state index is 12.7. The van der Waals surface area contributed by atoms with Crippen LogP contribution in [-0.4, -0.2) is 82.1 Å². The van der Waals surface area contributed by atoms with Crippen molar-refractivity contribution in [1.29, 1.82) is 0 Å². The number of carbonyl (C=O) groups is 1. The van der Waals surface area contributed by atoms with Gasteiger partial charge in [-0.15, -0.1) is 0 Å². The van der Waals surface area contributed by atoms with Crippen LogP contribution in [0.1, 0.15) is 23.2 Å². The Kier molecular flexibility index (Phi) is 6.52. The Morgan fingerprint density at radius 1 is 1.26 bits per heavy atom. The molecule has 0 radical (unpaired) electrons. The number of benzene rings is 1. The molecule has 0 unspecified atom stereocenters. The molecule has 1 fully saturated rings. The molecule has 0 spiro atoms. The third-order valence-corrected chi connectivity index (χ3v) is 4.87. The highest BCUT2D eigenvalue weighted by atomic mass is 16.7. The van der Waals surface area contributed by atoms with Crippen LogP contribution in [-0.2, 0) is 9.47 Å². The molecule has 3 rings (SSSR count). The number of amides is 1. The topological polar surface area (TPSA) is 72.8 Å². The average Bonchev–Trinajstić information content (AvgIpc) is 3.15. The van der Waals surface area contributed by atoms with Gasteiger partial charge in [-0.05, 0) is 51.2 Å². The molecule has 0 N–H and O–H groups in total. The van der Waals surface area contributed by atoms with E-state index in [2.05, 4.69) is 16.9 Å². The van der Waals surface area contributed by atoms with Gasteiger partial charge in [-0.25, -0.2) is 0 Å². The fraction of sp³-hybridized carbons (Fsp3) is 0.579. The summed E-state index contributed by atoms with van der Waals surface area (Å²) in [5, 5.41) is 0. The predicted molar refractivity (Wildman–Crippen MR) is 100 cm³/mol. The van der Waals surface area contributed by atoms with Gasteiger partial charge in [-0.1, -0.05) is 0 Å². The van der Waals surface area contributed by atoms with Crippen LogP contribution < -0.4 is 9.47 Å². The zero-order valence-electron chi connectivity index (χ0n) is 16.1. The monoisotopic (exact) mass is 377 g/mol. The number of fused-ring (bicyclic) bond motifs is 1. The van der Waals surface area contributed by atoms with Gasteiger partial charge in [0, 0.05) is 25.8 Å². The van der Waals surface area contributed by atoms with Crippen molar-refractivity contribution in [3.8, 4) is 11.5 Å². The lowest BCUT2D eigenvalue weighted by Crippen LogP contribution is -2.45. The SMILES string of the molecule is COCCOC(=NC(=O)c1ccc2c(c1)OCO2)N(C)C1CCN(C)CC1. The molecule has 0 bridgehead atoms. The maximum Gasteiger partial charge on any atom is 0.295 e. The molecular formula is C19H27N3O5. The molecule has 1 aromatic rings. The summed E-state index contributed by atoms with van der Waals surface area (Å²) < 4.78 is 21.4. The van der Waals surface area contributed by atoms with Crippen molar-refractivity contribution in [3.05, 3.63) is 23.8 Å². The number of rotatable bonds is 5. The third-order valence-electron chi connectivity index (χ3n) is 4.87. The Bertz CT molecular complexity index is 686. The van der Waals surface area contributed by atoms with E-state index in [4.69, 9.17) is 18.9 Å². The second kappa shape index (κ2) is 9.05. The zero-order valence-corrected chi connectivity index (χ0v) is 16.1. The molecule has 0 aliphatic carbocycles. The summed E-state index contributed by atoms with van der Waals surface area (Å²) in [6.45, 7) is 2.95. The van der Waals surface area contributed by atoms with Crippen LogP contribution in [0.2, 0.25) is 0 Å². The molecular weight excluding hydrogens is 350 g/mol. The molecule has 1 amide bonds. The van der Waals surface area contributed by atoms with E-state index in [1.807, 2.05) is 11.9 Å². The number of hydrogen-bond donors (Lipinski definition) is 0. The average molecular weight is 377 g/mol. The summed E-state index contributed by atoms with van der Waals surface area (Å²) in [6, 6.07) is 5.66. The minimum Gasteiger partial charge on any atom is -0.462 e. The zero-order chi connectivity index (χ0) is 19.2. The number of hydrogen-bond acceptors (Lipinski definition) is 6. The molecule has 8 nitrogen and oxygen atoms in total. The van der Waals surface area contributed by atoms with Crippen molar-refractivity contribution < 1.29 is 23.7 Å². The van der Waals surface area contributed by atoms with E-state index in [-0.39, 0.29) is 18.7 Å². The van der Waals surface area contributed by atoms with Crippen molar-refractivity contribution in [2.24, 2.45) is 4.99 Å². The van der Waals surface area contributed by atoms with E-state index in [0.29, 0.717) is 36.3 Å². The van der Waals surface area contributed by atoms with Gasteiger partial charge in [0.05, 0.1) is 6.61 Å². The summed E-state index contributed by atoms with van der Waals surface area (Å²) in [7, 11) is 5.65. The first-order valence-corrected chi connectivity index (χ1v) is 9.14. The number of methoxy groups -OCH3 is 1. The fourth-order valence-electron chi connectivity index (χ4n) is 3.15. The van der Waals surface area contributed by atoms with E-state index >= 15 is 0 Å². The molecule has 1 aromatic carbocycles. The number of ether oxygens (including phenoxy) is 4. The van der Waals surface area contributed by atoms with Crippen molar-refractivity contribution in [2.45, 2.75) is 18.9 Å². The largest absolute Gasteiger partial charge is 0.462 e. The lowest BCUT2D eigenvalue weighted by atomic mass is 10.0. The quantitative estimate of drug-likeness (QED) is 0.438. The number of aliphatic imine (C=N–C) groups is 1. The first-order chi connectivity index (χ1) is 13.1. The summed E-state index contributed by atoms with van der Waals surface area (Å²) in [4.78, 5) is 21.2. The van der Waals surface area contributed by atoms with Gasteiger partial charge in [0.1, 0.15) is 6.61 Å². The lowest BCUT2D eigenvalue weighted by Gasteiger charge is -2.36. The first kappa shape index (κ1) is 19.4. The highest BCUT2D eigenvalue weighted by Crippen LogP contribution is 2.32. The number of amidine groups is 1. The highest BCUT2D eigenvalue weighted by molar-refractivity contribution is 6.01. The van der Waals surface area contributed by atoms with E-state index in [0.717, 1.165) is 25.9 Å². The highest BCUT2D eigenvalue weighted by Gasteiger charge is 2.25. The fourth-order valence-corrected chi connectivity index (χ4v) is 3.15. The van der Waals surface area contributed by atoms with Gasteiger partial charge in [-0.3, -0.25) is 4.79 Å². The summed E-state index contributed by atoms with van der Waals surface area (Å²) in [5.74, 6) is 0.817. The van der Waals surface area contributed by atoms with Crippen molar-refractivity contribution in [3.63, 3.8) is 0 Å². The Balaban J connectivity index is 1.75. The maximum absolute atomic E-state index is 12.7. The Morgan fingerprint density at radius 2 is 2.00 bits per heavy atom. The van der Waals surface area contributed by atoms with Gasteiger partial charge in [0.2, 0.25) is 6.79 Å². The molecule has 1 saturated heterocycles. The summed E-state index contributed by atoms with van der Waals surface area (Å²) in [6.07, 6.45) is 2.00. The minimum atomic E-state index is -0.375. The first-order valence-electron chi connectivity index (χ1n) is 9.14. The van der Waals surface area contributed by atoms with Crippen LogP contribution in [0.3, 0.4) is 0 Å². The van der Waals surface area contributed by atoms with Crippen molar-refractivity contribution >= 4 is 11.9 Å². The van der Waals surface area contributed by atoms with Crippen LogP contribution in [0, 0.1) is 0 Å². The van der Waals surface area contributed by atoms with Gasteiger partial charge >= 0.3 is 0 Å². The predicted octanol–water partition coefficient (Wildman–Crippen LogP) is 1.60. The number of likely N-dealkylation sites (tertiary alicyclic amines) is 1. The minimum absolute atomic E-state index is 0.167. The number of carbonyl (C=O) groups excluding carboxylic acids is 1. The Labute approximate surface area is 159 Å². The number of nitrogens with zero attached hydrogens (tertiary/aromatic N) is 3. The van der Waals surface area contributed by atoms with E-state index in [1.165, 1.54) is 0 Å². The molecule has 0 aromatic heterocycles. The van der Waals surface area contributed by atoms with E-state index in [1.54, 1.807) is 25.3 Å². The molecule has 8 heteroatoms. The van der Waals surface area contributed by atoms with Gasteiger partial charge < -0.3 is 28.7 Å². The smallest absolute Gasteiger partial charge is 0.295 e. The number of piperidine rings is 1. The lowest BCUT2D eigenvalue weighted by molar-refractivity contribution is 0.0965. The second-order valence-electron chi connectivity index (χ2n) is 6.75. The Morgan fingerprint density at radius 3 is 2.74 bits per heavy atom. The van der Waals surface area contributed by atoms with Gasteiger partial charge in [0.25, 0.3) is 11.9 Å². The van der Waals surface area contributed by atoms with Crippen LogP contribution in [0.25, 0.3) is 0 Å². The molecule has 27 heavy (non-hydrogen) atoms. The second-order valence-corrected chi connectivity index (χ2v) is 6.75. The molecule has 0 saturated carbocycles. The molecule has 2 aliphatic heterocycles. The summed E-state index contributed by atoms with van der Waals surface area (Å²) >= 11 is 0. The van der Waals surface area contributed by atoms with Crippen LogP contribution in [0.5, 0.6) is 11.5 Å². The van der Waals surface area contributed by atoms with Crippen LogP contribution in [0.4, 0.5) is 0 Å².